The first kappa shape index (κ1) is 35.0. The minimum atomic E-state index is -5.01. The fourth-order valence-corrected chi connectivity index (χ4v) is 6.71. The molecule has 0 spiro atoms. The highest BCUT2D eigenvalue weighted by molar-refractivity contribution is 5.51. The molecule has 0 radical (unpaired) electrons. The van der Waals surface area contributed by atoms with E-state index in [4.69, 9.17) is 4.74 Å². The molecule has 1 aromatic heterocycles. The highest BCUT2D eigenvalue weighted by Crippen LogP contribution is 2.41. The van der Waals surface area contributed by atoms with Gasteiger partial charge in [0, 0.05) is 44.0 Å². The maximum atomic E-state index is 13.7. The third-order valence-corrected chi connectivity index (χ3v) is 9.03. The van der Waals surface area contributed by atoms with Crippen molar-refractivity contribution in [3.8, 4) is 0 Å². The number of hydrogen-bond acceptors (Lipinski definition) is 4. The van der Waals surface area contributed by atoms with Crippen LogP contribution in [0.15, 0.2) is 60.8 Å². The molecule has 1 aliphatic carbocycles. The van der Waals surface area contributed by atoms with Crippen LogP contribution in [0.1, 0.15) is 71.9 Å². The second-order valence-corrected chi connectivity index (χ2v) is 12.4. The van der Waals surface area contributed by atoms with Crippen LogP contribution in [0.25, 0.3) is 0 Å². The molecule has 47 heavy (non-hydrogen) atoms. The summed E-state index contributed by atoms with van der Waals surface area (Å²) in [6, 6.07) is 12.2. The van der Waals surface area contributed by atoms with Crippen LogP contribution in [0, 0.1) is 11.8 Å². The van der Waals surface area contributed by atoms with E-state index in [1.165, 1.54) is 0 Å². The Morgan fingerprint density at radius 3 is 1.98 bits per heavy atom. The lowest BCUT2D eigenvalue weighted by atomic mass is 9.78. The number of halogens is 9. The van der Waals surface area contributed by atoms with Crippen molar-refractivity contribution in [2.45, 2.75) is 82.8 Å². The molecule has 1 atom stereocenters. The number of aromatic nitrogens is 1. The van der Waals surface area contributed by atoms with E-state index in [0.717, 1.165) is 56.4 Å². The number of nitrogens with one attached hydrogen (secondary N) is 1. The lowest BCUT2D eigenvalue weighted by Gasteiger charge is -2.37. The van der Waals surface area contributed by atoms with Gasteiger partial charge >= 0.3 is 18.5 Å². The van der Waals surface area contributed by atoms with Crippen molar-refractivity contribution in [1.29, 1.82) is 0 Å². The molecule has 2 fully saturated rings. The van der Waals surface area contributed by atoms with Crippen LogP contribution in [0.3, 0.4) is 0 Å². The number of benzene rings is 2. The molecule has 13 heteroatoms. The van der Waals surface area contributed by atoms with E-state index >= 15 is 0 Å². The van der Waals surface area contributed by atoms with Crippen molar-refractivity contribution in [2.75, 3.05) is 18.1 Å². The van der Waals surface area contributed by atoms with E-state index in [1.807, 2.05) is 35.2 Å². The van der Waals surface area contributed by atoms with E-state index in [2.05, 4.69) is 10.3 Å². The van der Waals surface area contributed by atoms with Gasteiger partial charge in [-0.15, -0.1) is 0 Å². The molecule has 4 nitrogen and oxygen atoms in total. The number of alkyl halides is 9. The van der Waals surface area contributed by atoms with Crippen LogP contribution in [0.2, 0.25) is 0 Å². The van der Waals surface area contributed by atoms with Crippen molar-refractivity contribution in [3.63, 3.8) is 0 Å². The van der Waals surface area contributed by atoms with Crippen LogP contribution in [0.5, 0.6) is 0 Å². The number of hydrogen-bond donors (Lipinski definition) is 1. The van der Waals surface area contributed by atoms with Gasteiger partial charge in [0.2, 0.25) is 0 Å². The zero-order valence-corrected chi connectivity index (χ0v) is 25.5. The van der Waals surface area contributed by atoms with E-state index in [9.17, 15) is 39.5 Å². The fourth-order valence-electron chi connectivity index (χ4n) is 6.71. The summed E-state index contributed by atoms with van der Waals surface area (Å²) in [7, 11) is 0. The van der Waals surface area contributed by atoms with Gasteiger partial charge in [0.1, 0.15) is 5.82 Å². The molecule has 0 amide bonds. The Labute approximate surface area is 267 Å². The highest BCUT2D eigenvalue weighted by atomic mass is 19.4. The number of anilines is 1. The Morgan fingerprint density at radius 2 is 1.36 bits per heavy atom. The Hall–Kier alpha value is -3.32. The van der Waals surface area contributed by atoms with Gasteiger partial charge in [0.25, 0.3) is 0 Å². The molecular formula is C34H36F9N3O. The molecule has 2 aromatic carbocycles. The van der Waals surface area contributed by atoms with Crippen molar-refractivity contribution in [1.82, 2.24) is 10.3 Å². The summed E-state index contributed by atoms with van der Waals surface area (Å²) in [4.78, 5) is 6.25. The number of pyridine rings is 1. The average Bonchev–Trinajstić information content (AvgIpc) is 3.50. The monoisotopic (exact) mass is 673 g/mol. The molecule has 1 aliphatic heterocycles. The van der Waals surface area contributed by atoms with Gasteiger partial charge in [-0.1, -0.05) is 30.3 Å². The molecule has 1 saturated heterocycles. The van der Waals surface area contributed by atoms with Gasteiger partial charge in [-0.05, 0) is 85.8 Å². The fraction of sp³-hybridized carbons (Fsp3) is 0.500. The molecule has 256 valence electrons. The summed E-state index contributed by atoms with van der Waals surface area (Å²) < 4.78 is 127. The lowest BCUT2D eigenvalue weighted by molar-refractivity contribution is -0.143. The van der Waals surface area contributed by atoms with Crippen LogP contribution in [-0.2, 0) is 43.0 Å². The molecule has 1 saturated carbocycles. The molecule has 1 N–H and O–H groups in total. The minimum absolute atomic E-state index is 0.0388. The van der Waals surface area contributed by atoms with Gasteiger partial charge in [0.05, 0.1) is 23.3 Å². The van der Waals surface area contributed by atoms with Gasteiger partial charge in [-0.25, -0.2) is 4.98 Å². The minimum Gasteiger partial charge on any atom is -0.376 e. The van der Waals surface area contributed by atoms with Crippen molar-refractivity contribution >= 4 is 5.82 Å². The summed E-state index contributed by atoms with van der Waals surface area (Å²) in [5, 5.41) is 2.77. The highest BCUT2D eigenvalue weighted by Gasteiger charge is 2.39. The predicted octanol–water partition coefficient (Wildman–Crippen LogP) is 9.42. The Morgan fingerprint density at radius 1 is 0.723 bits per heavy atom. The molecule has 5 rings (SSSR count). The first-order valence-corrected chi connectivity index (χ1v) is 15.6. The standard InChI is InChI=1S/C34H36F9N3O/c35-32(36,37)27-13-24(14-28(16-27)33(38,39)40)17-44-18-26-15-29(34(41,42)43)19-45-31(26)46-12-4-7-30(46)25-10-8-23(9-11-25)21-47-20-22-5-2-1-3-6-22/h1-3,5-6,13-16,19,23,25,30,44H,4,7-12,17-18,20-21H2/t23?,25?,30-/m1/s1. The van der Waals surface area contributed by atoms with Crippen LogP contribution in [0.4, 0.5) is 45.3 Å². The second-order valence-electron chi connectivity index (χ2n) is 12.4. The molecule has 0 unspecified atom stereocenters. The van der Waals surface area contributed by atoms with Crippen molar-refractivity contribution in [2.24, 2.45) is 11.8 Å². The predicted molar refractivity (Wildman–Crippen MR) is 158 cm³/mol. The summed E-state index contributed by atoms with van der Waals surface area (Å²) in [6.07, 6.45) is -8.44. The van der Waals surface area contributed by atoms with Gasteiger partial charge in [-0.2, -0.15) is 39.5 Å². The normalized spacial score (nSPS) is 21.0. The smallest absolute Gasteiger partial charge is 0.376 e. The topological polar surface area (TPSA) is 37.4 Å². The van der Waals surface area contributed by atoms with E-state index < -0.39 is 41.8 Å². The SMILES string of the molecule is FC(F)(F)c1cc(CNCc2cc(C(F)(F)F)cnc2N2CCC[C@@H]2C2CCC(COCc3ccccc3)CC2)cc(C(F)(F)F)c1. The largest absolute Gasteiger partial charge is 0.417 e. The first-order valence-electron chi connectivity index (χ1n) is 15.6. The summed E-state index contributed by atoms with van der Waals surface area (Å²) in [5.74, 6) is 1.07. The maximum absolute atomic E-state index is 13.7. The Bertz CT molecular complexity index is 1430. The van der Waals surface area contributed by atoms with Crippen LogP contribution < -0.4 is 10.2 Å². The van der Waals surface area contributed by atoms with E-state index in [-0.39, 0.29) is 29.8 Å². The summed E-state index contributed by atoms with van der Waals surface area (Å²) in [5.41, 5.74) is -2.90. The van der Waals surface area contributed by atoms with E-state index in [1.54, 1.807) is 0 Å². The van der Waals surface area contributed by atoms with Crippen molar-refractivity contribution in [3.05, 3.63) is 94.2 Å². The third kappa shape index (κ3) is 9.19. The Balaban J connectivity index is 1.27. The van der Waals surface area contributed by atoms with Gasteiger partial charge in [-0.3, -0.25) is 0 Å². The second kappa shape index (κ2) is 14.4. The van der Waals surface area contributed by atoms with Gasteiger partial charge < -0.3 is 15.0 Å². The quantitative estimate of drug-likeness (QED) is 0.218. The first-order chi connectivity index (χ1) is 22.2. The molecule has 3 aromatic rings. The lowest BCUT2D eigenvalue weighted by Crippen LogP contribution is -2.39. The Kier molecular flexibility index (Phi) is 10.7. The number of rotatable bonds is 10. The maximum Gasteiger partial charge on any atom is 0.417 e. The molecular weight excluding hydrogens is 637 g/mol. The zero-order valence-electron chi connectivity index (χ0n) is 25.5. The van der Waals surface area contributed by atoms with Gasteiger partial charge in [0.15, 0.2) is 0 Å². The number of nitrogens with zero attached hydrogens (tertiary/aromatic N) is 2. The van der Waals surface area contributed by atoms with Crippen LogP contribution in [-0.4, -0.2) is 24.2 Å². The number of ether oxygens (including phenoxy) is 1. The third-order valence-electron chi connectivity index (χ3n) is 9.03. The molecule has 0 bridgehead atoms. The summed E-state index contributed by atoms with van der Waals surface area (Å²) >= 11 is 0. The van der Waals surface area contributed by atoms with Crippen LogP contribution >= 0.6 is 0 Å². The molecule has 2 heterocycles. The average molecular weight is 674 g/mol. The molecule has 2 aliphatic rings. The summed E-state index contributed by atoms with van der Waals surface area (Å²) in [6.45, 7) is 1.12. The zero-order chi connectivity index (χ0) is 33.8. The van der Waals surface area contributed by atoms with Crippen molar-refractivity contribution < 1.29 is 44.3 Å². The van der Waals surface area contributed by atoms with E-state index in [0.29, 0.717) is 49.5 Å².